The molecule has 9 nitrogen and oxygen atoms in total. The fraction of sp³-hybridized carbons (Fsp3) is 0.364. The highest BCUT2D eigenvalue weighted by Gasteiger charge is 2.53. The molecule has 31 heavy (non-hydrogen) atoms. The van der Waals surface area contributed by atoms with Crippen LogP contribution in [0.2, 0.25) is 0 Å². The summed E-state index contributed by atoms with van der Waals surface area (Å²) in [4.78, 5) is 24.5. The van der Waals surface area contributed by atoms with Gasteiger partial charge < -0.3 is 19.3 Å². The Morgan fingerprint density at radius 3 is 2.71 bits per heavy atom. The number of benzene rings is 1. The first-order chi connectivity index (χ1) is 15.1. The largest absolute Gasteiger partial charge is 0.493 e. The van der Waals surface area contributed by atoms with Crippen LogP contribution < -0.4 is 20.3 Å². The van der Waals surface area contributed by atoms with Crippen molar-refractivity contribution in [1.29, 1.82) is 0 Å². The molecule has 2 heterocycles. The average molecular weight is 424 g/mol. The van der Waals surface area contributed by atoms with Crippen LogP contribution in [-0.4, -0.2) is 41.6 Å². The zero-order chi connectivity index (χ0) is 21.8. The smallest absolute Gasteiger partial charge is 0.266 e. The van der Waals surface area contributed by atoms with Crippen LogP contribution in [0.1, 0.15) is 25.0 Å². The molecule has 1 aromatic carbocycles. The van der Waals surface area contributed by atoms with Crippen LogP contribution in [0.25, 0.3) is 11.3 Å². The lowest BCUT2D eigenvalue weighted by Gasteiger charge is -2.12. The Labute approximate surface area is 179 Å². The van der Waals surface area contributed by atoms with Crippen LogP contribution >= 0.6 is 0 Å². The summed E-state index contributed by atoms with van der Waals surface area (Å²) in [7, 11) is 3.15. The summed E-state index contributed by atoms with van der Waals surface area (Å²) >= 11 is 0. The molecular weight excluding hydrogens is 400 g/mol. The number of nitrogens with one attached hydrogen (secondary N) is 1. The van der Waals surface area contributed by atoms with Gasteiger partial charge in [-0.05, 0) is 43.5 Å². The number of rotatable bonds is 9. The van der Waals surface area contributed by atoms with Crippen molar-refractivity contribution in [2.24, 2.45) is 0 Å². The number of aromatic nitrogens is 3. The summed E-state index contributed by atoms with van der Waals surface area (Å²) < 4.78 is 17.5. The summed E-state index contributed by atoms with van der Waals surface area (Å²) in [6, 6.07) is 10.3. The fourth-order valence-corrected chi connectivity index (χ4v) is 3.51. The van der Waals surface area contributed by atoms with Crippen LogP contribution in [0.15, 0.2) is 51.9 Å². The molecule has 0 atom stereocenters. The topological polar surface area (TPSA) is 108 Å². The molecule has 1 aliphatic rings. The maximum absolute atomic E-state index is 12.8. The van der Waals surface area contributed by atoms with Gasteiger partial charge in [-0.1, -0.05) is 5.16 Å². The Morgan fingerprint density at radius 2 is 2.00 bits per heavy atom. The van der Waals surface area contributed by atoms with Gasteiger partial charge in [0.25, 0.3) is 5.56 Å². The van der Waals surface area contributed by atoms with Crippen LogP contribution in [0.4, 0.5) is 0 Å². The molecular formula is C22H24N4O5. The molecule has 0 spiro atoms. The van der Waals surface area contributed by atoms with E-state index in [1.165, 1.54) is 10.7 Å². The van der Waals surface area contributed by atoms with E-state index in [1.807, 2.05) is 12.1 Å². The Kier molecular flexibility index (Phi) is 5.75. The summed E-state index contributed by atoms with van der Waals surface area (Å²) in [5.74, 6) is 1.69. The maximum atomic E-state index is 12.8. The fourth-order valence-electron chi connectivity index (χ4n) is 3.51. The lowest BCUT2D eigenvalue weighted by atomic mass is 10.00. The lowest BCUT2D eigenvalue weighted by molar-refractivity contribution is -0.123. The first-order valence-corrected chi connectivity index (χ1v) is 10.1. The number of amides is 1. The third-order valence-corrected chi connectivity index (χ3v) is 5.47. The first-order valence-electron chi connectivity index (χ1n) is 10.1. The molecule has 3 aromatic rings. The molecule has 0 bridgehead atoms. The minimum atomic E-state index is -0.653. The molecule has 1 aliphatic carbocycles. The second-order valence-electron chi connectivity index (χ2n) is 7.42. The third kappa shape index (κ3) is 4.16. The van der Waals surface area contributed by atoms with Gasteiger partial charge in [0.2, 0.25) is 5.91 Å². The van der Waals surface area contributed by atoms with Crippen LogP contribution in [0, 0.1) is 0 Å². The number of ether oxygens (including phenoxy) is 2. The SMILES string of the molecule is COc1ccc(-c2cc(C3(C(=O)NCCCn4ncccc4=O)CC3)no2)cc1OC. The predicted molar refractivity (Wildman–Crippen MR) is 112 cm³/mol. The Bertz CT molecular complexity index is 1130. The second-order valence-corrected chi connectivity index (χ2v) is 7.42. The molecule has 9 heteroatoms. The van der Waals surface area contributed by atoms with Gasteiger partial charge in [0.05, 0.1) is 25.3 Å². The Balaban J connectivity index is 1.39. The number of carbonyl (C=O) groups excluding carboxylic acids is 1. The van der Waals surface area contributed by atoms with Gasteiger partial charge in [0, 0.05) is 37.0 Å². The first kappa shape index (κ1) is 20.6. The van der Waals surface area contributed by atoms with E-state index in [-0.39, 0.29) is 11.5 Å². The molecule has 0 aliphatic heterocycles. The van der Waals surface area contributed by atoms with Crippen molar-refractivity contribution >= 4 is 5.91 Å². The number of hydrogen-bond acceptors (Lipinski definition) is 7. The van der Waals surface area contributed by atoms with Gasteiger partial charge in [0.15, 0.2) is 17.3 Å². The van der Waals surface area contributed by atoms with Crippen molar-refractivity contribution in [1.82, 2.24) is 20.3 Å². The predicted octanol–water partition coefficient (Wildman–Crippen LogP) is 2.15. The average Bonchev–Trinajstić information content (AvgIpc) is 3.46. The van der Waals surface area contributed by atoms with E-state index >= 15 is 0 Å². The molecule has 0 radical (unpaired) electrons. The van der Waals surface area contributed by atoms with Gasteiger partial charge in [0.1, 0.15) is 0 Å². The molecule has 2 aromatic heterocycles. The lowest BCUT2D eigenvalue weighted by Crippen LogP contribution is -2.36. The van der Waals surface area contributed by atoms with E-state index in [0.717, 1.165) is 18.4 Å². The number of methoxy groups -OCH3 is 2. The minimum absolute atomic E-state index is 0.0759. The monoisotopic (exact) mass is 424 g/mol. The van der Waals surface area contributed by atoms with Crippen molar-refractivity contribution in [3.8, 4) is 22.8 Å². The van der Waals surface area contributed by atoms with Crippen molar-refractivity contribution in [3.63, 3.8) is 0 Å². The van der Waals surface area contributed by atoms with Gasteiger partial charge in [-0.25, -0.2) is 4.68 Å². The molecule has 162 valence electrons. The molecule has 1 saturated carbocycles. The van der Waals surface area contributed by atoms with Gasteiger partial charge >= 0.3 is 0 Å². The van der Waals surface area contributed by atoms with E-state index in [4.69, 9.17) is 14.0 Å². The number of carbonyl (C=O) groups is 1. The molecule has 1 N–H and O–H groups in total. The highest BCUT2D eigenvalue weighted by Crippen LogP contribution is 2.48. The summed E-state index contributed by atoms with van der Waals surface area (Å²) in [6.07, 6.45) is 3.61. The van der Waals surface area contributed by atoms with E-state index in [2.05, 4.69) is 15.6 Å². The van der Waals surface area contributed by atoms with Gasteiger partial charge in [-0.15, -0.1) is 0 Å². The van der Waals surface area contributed by atoms with Crippen LogP contribution in [0.3, 0.4) is 0 Å². The number of hydrogen-bond donors (Lipinski definition) is 1. The van der Waals surface area contributed by atoms with Gasteiger partial charge in [-0.3, -0.25) is 9.59 Å². The highest BCUT2D eigenvalue weighted by atomic mass is 16.5. The Hall–Kier alpha value is -3.62. The maximum Gasteiger partial charge on any atom is 0.266 e. The normalized spacial score (nSPS) is 14.1. The van der Waals surface area contributed by atoms with Crippen molar-refractivity contribution < 1.29 is 18.8 Å². The molecule has 0 saturated heterocycles. The standard InChI is InChI=1S/C22H24N4O5/c1-29-16-7-6-15(13-18(16)30-2)17-14-19(25-31-17)22(8-9-22)21(28)23-10-4-12-26-20(27)5-3-11-24-26/h3,5-7,11,13-14H,4,8-10,12H2,1-2H3,(H,23,28). The summed E-state index contributed by atoms with van der Waals surface area (Å²) in [6.45, 7) is 0.893. The zero-order valence-corrected chi connectivity index (χ0v) is 17.5. The molecule has 1 amide bonds. The summed E-state index contributed by atoms with van der Waals surface area (Å²) in [5, 5.41) is 11.1. The third-order valence-electron chi connectivity index (χ3n) is 5.47. The number of nitrogens with zero attached hydrogens (tertiary/aromatic N) is 3. The molecule has 0 unspecified atom stereocenters. The second kappa shape index (κ2) is 8.63. The Morgan fingerprint density at radius 1 is 1.19 bits per heavy atom. The van der Waals surface area contributed by atoms with E-state index in [0.29, 0.717) is 42.5 Å². The van der Waals surface area contributed by atoms with Crippen molar-refractivity contribution in [2.45, 2.75) is 31.2 Å². The quantitative estimate of drug-likeness (QED) is 0.524. The molecule has 1 fully saturated rings. The zero-order valence-electron chi connectivity index (χ0n) is 17.5. The van der Waals surface area contributed by atoms with E-state index < -0.39 is 5.41 Å². The van der Waals surface area contributed by atoms with Gasteiger partial charge in [-0.2, -0.15) is 5.10 Å². The minimum Gasteiger partial charge on any atom is -0.493 e. The van der Waals surface area contributed by atoms with Crippen molar-refractivity contribution in [2.75, 3.05) is 20.8 Å². The van der Waals surface area contributed by atoms with Crippen LogP contribution in [-0.2, 0) is 16.8 Å². The number of aryl methyl sites for hydroxylation is 1. The van der Waals surface area contributed by atoms with E-state index in [9.17, 15) is 9.59 Å². The summed E-state index contributed by atoms with van der Waals surface area (Å²) in [5.41, 5.74) is 0.599. The van der Waals surface area contributed by atoms with Crippen LogP contribution in [0.5, 0.6) is 11.5 Å². The van der Waals surface area contributed by atoms with E-state index in [1.54, 1.807) is 38.6 Å². The van der Waals surface area contributed by atoms with Crippen molar-refractivity contribution in [3.05, 3.63) is 58.6 Å². The highest BCUT2D eigenvalue weighted by molar-refractivity contribution is 5.91. The molecule has 4 rings (SSSR count).